The van der Waals surface area contributed by atoms with Crippen molar-refractivity contribution in [2.45, 2.75) is 59.7 Å². The molecule has 1 aliphatic rings. The van der Waals surface area contributed by atoms with Gasteiger partial charge in [-0.05, 0) is 82.2 Å². The van der Waals surface area contributed by atoms with Crippen LogP contribution in [0.15, 0.2) is 59.9 Å². The summed E-state index contributed by atoms with van der Waals surface area (Å²) in [5.74, 6) is -0.738. The number of aromatic nitrogens is 4. The number of aromatic amines is 1. The van der Waals surface area contributed by atoms with Crippen LogP contribution in [-0.2, 0) is 23.8 Å². The summed E-state index contributed by atoms with van der Waals surface area (Å²) in [4.78, 5) is 27.6. The van der Waals surface area contributed by atoms with Gasteiger partial charge in [-0.3, -0.25) is 4.79 Å². The van der Waals surface area contributed by atoms with E-state index < -0.39 is 35.4 Å². The molecule has 224 valence electrons. The first kappa shape index (κ1) is 30.7. The Balaban J connectivity index is 1.73. The van der Waals surface area contributed by atoms with Gasteiger partial charge in [-0.25, -0.2) is 9.89 Å². The molecule has 0 bridgehead atoms. The lowest BCUT2D eigenvalue weighted by molar-refractivity contribution is -0.171. The first-order valence-electron chi connectivity index (χ1n) is 13.7. The van der Waals surface area contributed by atoms with Crippen LogP contribution in [0.1, 0.15) is 48.5 Å². The number of nitrogens with one attached hydrogen (secondary N) is 2. The molecule has 42 heavy (non-hydrogen) atoms. The molecule has 2 heterocycles. The van der Waals surface area contributed by atoms with Gasteiger partial charge in [-0.15, -0.1) is 5.10 Å². The van der Waals surface area contributed by atoms with E-state index in [4.69, 9.17) is 14.2 Å². The number of benzene rings is 2. The van der Waals surface area contributed by atoms with Gasteiger partial charge in [-0.1, -0.05) is 36.4 Å². The van der Waals surface area contributed by atoms with Gasteiger partial charge in [0.25, 0.3) is 0 Å². The predicted octanol–water partition coefficient (Wildman–Crippen LogP) is 3.77. The highest BCUT2D eigenvalue weighted by Gasteiger charge is 2.49. The van der Waals surface area contributed by atoms with Crippen molar-refractivity contribution in [3.63, 3.8) is 0 Å². The third kappa shape index (κ3) is 6.44. The van der Waals surface area contributed by atoms with Crippen LogP contribution in [0.2, 0.25) is 0 Å². The van der Waals surface area contributed by atoms with Crippen LogP contribution >= 0.6 is 0 Å². The van der Waals surface area contributed by atoms with Crippen molar-refractivity contribution in [1.82, 2.24) is 25.9 Å². The van der Waals surface area contributed by atoms with E-state index in [0.29, 0.717) is 18.1 Å². The van der Waals surface area contributed by atoms with E-state index >= 15 is 0 Å². The fraction of sp³-hybridized carbons (Fsp3) is 0.433. The fourth-order valence-electron chi connectivity index (χ4n) is 4.62. The average Bonchev–Trinajstić information content (AvgIpc) is 3.58. The monoisotopic (exact) mass is 578 g/mol. The molecule has 0 saturated heterocycles. The molecule has 0 aliphatic carbocycles. The molecule has 1 atom stereocenters. The summed E-state index contributed by atoms with van der Waals surface area (Å²) in [7, 11) is 0. The summed E-state index contributed by atoms with van der Waals surface area (Å²) in [5, 5.41) is 28.6. The van der Waals surface area contributed by atoms with E-state index in [1.165, 1.54) is 0 Å². The Kier molecular flexibility index (Phi) is 8.69. The molecule has 1 aromatic heterocycles. The maximum Gasteiger partial charge on any atom is 0.359 e. The van der Waals surface area contributed by atoms with E-state index in [1.54, 1.807) is 39.5 Å². The van der Waals surface area contributed by atoms with Gasteiger partial charge in [0.15, 0.2) is 11.5 Å². The molecule has 3 N–H and O–H groups in total. The van der Waals surface area contributed by atoms with Crippen molar-refractivity contribution in [1.29, 1.82) is 0 Å². The van der Waals surface area contributed by atoms with E-state index in [1.807, 2.05) is 62.4 Å². The van der Waals surface area contributed by atoms with Gasteiger partial charge >= 0.3 is 11.9 Å². The molecular formula is C30H38N6O6. The van der Waals surface area contributed by atoms with E-state index in [9.17, 15) is 14.7 Å². The lowest BCUT2D eigenvalue weighted by Crippen LogP contribution is -2.55. The summed E-state index contributed by atoms with van der Waals surface area (Å²) < 4.78 is 16.4. The summed E-state index contributed by atoms with van der Waals surface area (Å²) in [6, 6.07) is 15.3. The second-order valence-electron chi connectivity index (χ2n) is 11.7. The number of hydrogen-bond acceptors (Lipinski definition) is 11. The molecule has 12 nitrogen and oxygen atoms in total. The van der Waals surface area contributed by atoms with Crippen molar-refractivity contribution in [3.05, 3.63) is 59.9 Å². The van der Waals surface area contributed by atoms with Crippen LogP contribution < -0.4 is 10.2 Å². The highest BCUT2D eigenvalue weighted by molar-refractivity contribution is 5.96. The molecule has 3 aromatic rings. The molecule has 1 aliphatic heterocycles. The van der Waals surface area contributed by atoms with Crippen LogP contribution in [-0.4, -0.2) is 68.9 Å². The summed E-state index contributed by atoms with van der Waals surface area (Å²) in [5.41, 5.74) is 0.450. The number of rotatable bonds is 10. The third-order valence-corrected chi connectivity index (χ3v) is 6.70. The van der Waals surface area contributed by atoms with Crippen molar-refractivity contribution in [2.24, 2.45) is 5.41 Å². The molecule has 12 heteroatoms. The minimum Gasteiger partial charge on any atom is -0.427 e. The SMILES string of the molecule is CCOCC1(C)NC(C(C)(C)O)=C(C(=O)OCOC(=O)C(C)(C)C)N1c1ccc(-c2ccccc2-c2nnn[nH]2)cc1. The van der Waals surface area contributed by atoms with Crippen molar-refractivity contribution < 1.29 is 28.9 Å². The lowest BCUT2D eigenvalue weighted by atomic mass is 9.98. The molecule has 0 spiro atoms. The van der Waals surface area contributed by atoms with Crippen molar-refractivity contribution in [2.75, 3.05) is 24.9 Å². The number of H-pyrrole nitrogens is 1. The summed E-state index contributed by atoms with van der Waals surface area (Å²) >= 11 is 0. The van der Waals surface area contributed by atoms with E-state index in [0.717, 1.165) is 16.7 Å². The Morgan fingerprint density at radius 3 is 2.24 bits per heavy atom. The number of carbonyl (C=O) groups is 2. The maximum atomic E-state index is 13.6. The number of ether oxygens (including phenoxy) is 3. The number of esters is 2. The predicted molar refractivity (Wildman–Crippen MR) is 155 cm³/mol. The molecule has 0 radical (unpaired) electrons. The van der Waals surface area contributed by atoms with E-state index in [2.05, 4.69) is 25.9 Å². The number of anilines is 1. The van der Waals surface area contributed by atoms with Crippen LogP contribution in [0, 0.1) is 5.41 Å². The molecule has 0 amide bonds. The molecular weight excluding hydrogens is 540 g/mol. The van der Waals surface area contributed by atoms with Crippen LogP contribution in [0.5, 0.6) is 0 Å². The normalized spacial score (nSPS) is 17.3. The zero-order chi connectivity index (χ0) is 30.7. The minimum atomic E-state index is -1.44. The first-order chi connectivity index (χ1) is 19.8. The first-order valence-corrected chi connectivity index (χ1v) is 13.7. The minimum absolute atomic E-state index is 0.0809. The summed E-state index contributed by atoms with van der Waals surface area (Å²) in [6.07, 6.45) is 0. The quantitative estimate of drug-likeness (QED) is 0.238. The number of nitrogens with zero attached hydrogens (tertiary/aromatic N) is 4. The lowest BCUT2D eigenvalue weighted by Gasteiger charge is -2.38. The second kappa shape index (κ2) is 11.9. The van der Waals surface area contributed by atoms with Gasteiger partial charge in [0, 0.05) is 17.9 Å². The molecule has 2 aromatic carbocycles. The number of hydrogen-bond donors (Lipinski definition) is 3. The van der Waals surface area contributed by atoms with Gasteiger partial charge in [0.1, 0.15) is 11.3 Å². The van der Waals surface area contributed by atoms with Gasteiger partial charge in [0.2, 0.25) is 6.79 Å². The van der Waals surface area contributed by atoms with Gasteiger partial charge < -0.3 is 29.5 Å². The topological polar surface area (TPSA) is 152 Å². The van der Waals surface area contributed by atoms with Gasteiger partial charge in [0.05, 0.1) is 17.7 Å². The molecule has 0 saturated carbocycles. The van der Waals surface area contributed by atoms with Crippen molar-refractivity contribution >= 4 is 17.6 Å². The standard InChI is InChI=1S/C30H38N6O6/c1-8-40-17-30(7)31-24(29(5,6)39)23(26(37)41-18-42-27(38)28(2,3)4)36(30)20-15-13-19(14-16-20)21-11-9-10-12-22(21)25-32-34-35-33-25/h9-16,31,39H,8,17-18H2,1-7H3,(H,32,33,34,35). The van der Waals surface area contributed by atoms with Crippen LogP contribution in [0.3, 0.4) is 0 Å². The Morgan fingerprint density at radius 2 is 1.67 bits per heavy atom. The number of carbonyl (C=O) groups excluding carboxylic acids is 2. The zero-order valence-electron chi connectivity index (χ0n) is 25.0. The number of aliphatic hydroxyl groups is 1. The molecule has 0 fully saturated rings. The second-order valence-corrected chi connectivity index (χ2v) is 11.7. The average molecular weight is 579 g/mol. The zero-order valence-corrected chi connectivity index (χ0v) is 25.0. The highest BCUT2D eigenvalue weighted by Crippen LogP contribution is 2.40. The van der Waals surface area contributed by atoms with Crippen LogP contribution in [0.25, 0.3) is 22.5 Å². The third-order valence-electron chi connectivity index (χ3n) is 6.70. The Labute approximate surface area is 245 Å². The number of tetrazole rings is 1. The Bertz CT molecular complexity index is 1440. The van der Waals surface area contributed by atoms with Crippen LogP contribution in [0.4, 0.5) is 5.69 Å². The molecule has 1 unspecified atom stereocenters. The fourth-order valence-corrected chi connectivity index (χ4v) is 4.62. The van der Waals surface area contributed by atoms with Crippen molar-refractivity contribution in [3.8, 4) is 22.5 Å². The smallest absolute Gasteiger partial charge is 0.359 e. The largest absolute Gasteiger partial charge is 0.427 e. The highest BCUT2D eigenvalue weighted by atomic mass is 16.7. The van der Waals surface area contributed by atoms with E-state index in [-0.39, 0.29) is 18.0 Å². The Hall–Kier alpha value is -4.29. The Morgan fingerprint density at radius 1 is 1.00 bits per heavy atom. The summed E-state index contributed by atoms with van der Waals surface area (Å²) in [6.45, 7) is 12.1. The molecule has 4 rings (SSSR count). The maximum absolute atomic E-state index is 13.6. The van der Waals surface area contributed by atoms with Gasteiger partial charge in [-0.2, -0.15) is 0 Å².